The van der Waals surface area contributed by atoms with Crippen LogP contribution in [-0.4, -0.2) is 17.6 Å². The number of amides is 1. The van der Waals surface area contributed by atoms with Crippen LogP contribution in [0.1, 0.15) is 26.4 Å². The number of hydrogen-bond acceptors (Lipinski definition) is 3. The summed E-state index contributed by atoms with van der Waals surface area (Å²) in [6.07, 6.45) is 0. The van der Waals surface area contributed by atoms with E-state index in [1.54, 1.807) is 11.3 Å². The van der Waals surface area contributed by atoms with Gasteiger partial charge in [-0.2, -0.15) is 0 Å². The Morgan fingerprint density at radius 3 is 2.80 bits per heavy atom. The number of aliphatic hydroxyl groups excluding tert-OH is 1. The third kappa shape index (κ3) is 3.95. The van der Waals surface area contributed by atoms with Crippen molar-refractivity contribution in [2.24, 2.45) is 0 Å². The van der Waals surface area contributed by atoms with Crippen molar-refractivity contribution < 1.29 is 9.90 Å². The molecular formula is C16H15NO2S. The normalized spacial score (nSPS) is 9.70. The molecule has 0 spiro atoms. The molecule has 0 bridgehead atoms. The number of carbonyl (C=O) groups is 1. The third-order valence-electron chi connectivity index (χ3n) is 2.70. The van der Waals surface area contributed by atoms with E-state index in [1.807, 2.05) is 42.6 Å². The molecule has 0 aliphatic rings. The topological polar surface area (TPSA) is 49.3 Å². The minimum Gasteiger partial charge on any atom is -0.384 e. The van der Waals surface area contributed by atoms with Crippen LogP contribution in [0.3, 0.4) is 0 Å². The highest BCUT2D eigenvalue weighted by molar-refractivity contribution is 7.10. The molecule has 2 aromatic rings. The van der Waals surface area contributed by atoms with Crippen molar-refractivity contribution in [2.75, 3.05) is 6.61 Å². The molecule has 4 heteroatoms. The maximum atomic E-state index is 11.9. The number of carbonyl (C=O) groups excluding carboxylic acids is 1. The largest absolute Gasteiger partial charge is 0.384 e. The van der Waals surface area contributed by atoms with Crippen molar-refractivity contribution in [2.45, 2.75) is 13.5 Å². The van der Waals surface area contributed by atoms with E-state index in [-0.39, 0.29) is 12.5 Å². The van der Waals surface area contributed by atoms with Crippen LogP contribution in [0.25, 0.3) is 0 Å². The summed E-state index contributed by atoms with van der Waals surface area (Å²) < 4.78 is 0. The van der Waals surface area contributed by atoms with Gasteiger partial charge in [0.2, 0.25) is 0 Å². The fraction of sp³-hybridized carbons (Fsp3) is 0.188. The number of benzene rings is 1. The van der Waals surface area contributed by atoms with Crippen LogP contribution in [-0.2, 0) is 6.54 Å². The summed E-state index contributed by atoms with van der Waals surface area (Å²) in [5, 5.41) is 13.4. The second-order valence-electron chi connectivity index (χ2n) is 4.31. The second-order valence-corrected chi connectivity index (χ2v) is 5.31. The molecule has 0 fully saturated rings. The molecule has 102 valence electrons. The molecule has 1 aromatic carbocycles. The first-order chi connectivity index (χ1) is 9.69. The van der Waals surface area contributed by atoms with E-state index < -0.39 is 0 Å². The molecule has 2 rings (SSSR count). The van der Waals surface area contributed by atoms with Crippen molar-refractivity contribution in [1.29, 1.82) is 0 Å². The van der Waals surface area contributed by atoms with Gasteiger partial charge in [-0.15, -0.1) is 11.3 Å². The van der Waals surface area contributed by atoms with Crippen LogP contribution in [0.4, 0.5) is 0 Å². The Hall–Kier alpha value is -2.09. The van der Waals surface area contributed by atoms with E-state index in [9.17, 15) is 4.79 Å². The van der Waals surface area contributed by atoms with E-state index in [2.05, 4.69) is 17.2 Å². The Labute approximate surface area is 122 Å². The maximum absolute atomic E-state index is 11.9. The van der Waals surface area contributed by atoms with Gasteiger partial charge in [-0.1, -0.05) is 29.5 Å². The Balaban J connectivity index is 1.93. The zero-order chi connectivity index (χ0) is 14.4. The summed E-state index contributed by atoms with van der Waals surface area (Å²) in [6, 6.07) is 9.39. The highest BCUT2D eigenvalue weighted by atomic mass is 32.1. The van der Waals surface area contributed by atoms with E-state index in [1.165, 1.54) is 0 Å². The predicted molar refractivity (Wildman–Crippen MR) is 80.6 cm³/mol. The fourth-order valence-electron chi connectivity index (χ4n) is 1.65. The number of aliphatic hydroxyl groups is 1. The molecule has 1 amide bonds. The molecule has 0 saturated heterocycles. The molecule has 0 aliphatic heterocycles. The zero-order valence-corrected chi connectivity index (χ0v) is 12.0. The lowest BCUT2D eigenvalue weighted by molar-refractivity contribution is 0.0951. The molecule has 20 heavy (non-hydrogen) atoms. The number of aryl methyl sites for hydroxylation is 1. The number of rotatable bonds is 3. The molecule has 0 unspecified atom stereocenters. The average Bonchev–Trinajstić information content (AvgIpc) is 2.91. The molecule has 2 N–H and O–H groups in total. The highest BCUT2D eigenvalue weighted by Crippen LogP contribution is 2.13. The van der Waals surface area contributed by atoms with Crippen molar-refractivity contribution in [1.82, 2.24) is 5.32 Å². The molecule has 1 aromatic heterocycles. The van der Waals surface area contributed by atoms with Crippen LogP contribution in [0.5, 0.6) is 0 Å². The van der Waals surface area contributed by atoms with Gasteiger partial charge in [-0.05, 0) is 25.1 Å². The summed E-state index contributed by atoms with van der Waals surface area (Å²) in [5.41, 5.74) is 2.66. The average molecular weight is 285 g/mol. The van der Waals surface area contributed by atoms with Gasteiger partial charge in [-0.25, -0.2) is 0 Å². The maximum Gasteiger partial charge on any atom is 0.251 e. The molecule has 0 aliphatic carbocycles. The minimum absolute atomic E-state index is 0.0820. The van der Waals surface area contributed by atoms with E-state index >= 15 is 0 Å². The summed E-state index contributed by atoms with van der Waals surface area (Å²) in [5.74, 6) is 5.35. The van der Waals surface area contributed by atoms with Gasteiger partial charge < -0.3 is 10.4 Å². The minimum atomic E-state index is -0.144. The monoisotopic (exact) mass is 285 g/mol. The molecule has 0 atom stereocenters. The van der Waals surface area contributed by atoms with E-state index in [4.69, 9.17) is 5.11 Å². The summed E-state index contributed by atoms with van der Waals surface area (Å²) in [4.78, 5) is 13.0. The van der Waals surface area contributed by atoms with Crippen LogP contribution in [0.15, 0.2) is 35.7 Å². The Morgan fingerprint density at radius 2 is 2.10 bits per heavy atom. The SMILES string of the molecule is Cc1ccc(C(=O)NCc2cc(C#CCO)cs2)cc1. The van der Waals surface area contributed by atoms with Gasteiger partial charge >= 0.3 is 0 Å². The van der Waals surface area contributed by atoms with Gasteiger partial charge in [0.25, 0.3) is 5.91 Å². The lowest BCUT2D eigenvalue weighted by Gasteiger charge is -2.03. The molecule has 1 heterocycles. The van der Waals surface area contributed by atoms with Gasteiger partial charge in [0, 0.05) is 21.4 Å². The van der Waals surface area contributed by atoms with Crippen molar-refractivity contribution in [3.63, 3.8) is 0 Å². The summed E-state index contributed by atoms with van der Waals surface area (Å²) >= 11 is 1.54. The number of hydrogen-bond donors (Lipinski definition) is 2. The quantitative estimate of drug-likeness (QED) is 0.850. The summed E-state index contributed by atoms with van der Waals surface area (Å²) in [6.45, 7) is 2.33. The Bertz CT molecular complexity index is 647. The van der Waals surface area contributed by atoms with E-state index in [0.717, 1.165) is 16.0 Å². The fourth-order valence-corrected chi connectivity index (χ4v) is 2.41. The van der Waals surface area contributed by atoms with Crippen molar-refractivity contribution >= 4 is 17.2 Å². The Kier molecular flexibility index (Phi) is 4.94. The smallest absolute Gasteiger partial charge is 0.251 e. The van der Waals surface area contributed by atoms with Crippen molar-refractivity contribution in [3.8, 4) is 11.8 Å². The first-order valence-electron chi connectivity index (χ1n) is 6.21. The first-order valence-corrected chi connectivity index (χ1v) is 7.09. The first kappa shape index (κ1) is 14.3. The van der Waals surface area contributed by atoms with Gasteiger partial charge in [0.1, 0.15) is 6.61 Å². The number of nitrogens with one attached hydrogen (secondary N) is 1. The van der Waals surface area contributed by atoms with Crippen molar-refractivity contribution in [3.05, 3.63) is 57.3 Å². The second kappa shape index (κ2) is 6.90. The predicted octanol–water partition coefficient (Wildman–Crippen LogP) is 2.33. The molecule has 0 radical (unpaired) electrons. The lowest BCUT2D eigenvalue weighted by atomic mass is 10.1. The van der Waals surface area contributed by atoms with Gasteiger partial charge in [0.15, 0.2) is 0 Å². The zero-order valence-electron chi connectivity index (χ0n) is 11.1. The van der Waals surface area contributed by atoms with Crippen LogP contribution in [0, 0.1) is 18.8 Å². The van der Waals surface area contributed by atoms with Gasteiger partial charge in [-0.3, -0.25) is 4.79 Å². The highest BCUT2D eigenvalue weighted by Gasteiger charge is 2.05. The Morgan fingerprint density at radius 1 is 1.35 bits per heavy atom. The van der Waals surface area contributed by atoms with Crippen LogP contribution >= 0.6 is 11.3 Å². The standard InChI is InChI=1S/C16H15NO2S/c1-12-4-6-14(7-5-12)16(19)17-10-15-9-13(11-20-15)3-2-8-18/h4-7,9,11,18H,8,10H2,1H3,(H,17,19). The number of thiophene rings is 1. The molecule has 3 nitrogen and oxygen atoms in total. The third-order valence-corrected chi connectivity index (χ3v) is 3.64. The molecule has 0 saturated carbocycles. The van der Waals surface area contributed by atoms with Gasteiger partial charge in [0.05, 0.1) is 6.54 Å². The lowest BCUT2D eigenvalue weighted by Crippen LogP contribution is -2.22. The van der Waals surface area contributed by atoms with Crippen LogP contribution < -0.4 is 5.32 Å². The molecular weight excluding hydrogens is 270 g/mol. The summed E-state index contributed by atoms with van der Waals surface area (Å²) in [7, 11) is 0. The van der Waals surface area contributed by atoms with E-state index in [0.29, 0.717) is 12.1 Å². The van der Waals surface area contributed by atoms with Crippen LogP contribution in [0.2, 0.25) is 0 Å².